The van der Waals surface area contributed by atoms with E-state index in [0.717, 1.165) is 23.3 Å². The summed E-state index contributed by atoms with van der Waals surface area (Å²) >= 11 is 0. The minimum absolute atomic E-state index is 0.167. The molecule has 176 valence electrons. The molecule has 0 N–H and O–H groups in total. The van der Waals surface area contributed by atoms with E-state index in [1.807, 2.05) is 12.1 Å². The highest BCUT2D eigenvalue weighted by Gasteiger charge is 2.29. The Hall–Kier alpha value is -2.49. The predicted molar refractivity (Wildman–Crippen MR) is 128 cm³/mol. The molecule has 2 nitrogen and oxygen atoms in total. The Balaban J connectivity index is 1.28. The number of hydrogen-bond acceptors (Lipinski definition) is 2. The summed E-state index contributed by atoms with van der Waals surface area (Å²) in [7, 11) is 0. The van der Waals surface area contributed by atoms with Crippen molar-refractivity contribution in [3.05, 3.63) is 70.8 Å². The molecule has 33 heavy (non-hydrogen) atoms. The summed E-state index contributed by atoms with van der Waals surface area (Å²) < 4.78 is 32.7. The first kappa shape index (κ1) is 23.7. The lowest BCUT2D eigenvalue weighted by atomic mass is 9.69. The van der Waals surface area contributed by atoms with Crippen LogP contribution >= 0.6 is 0 Å². The SMILES string of the molecule is Cc1ccc(OC(=O)c2ccc(/C=C/C3CCC(C4CCC(C)CC4)CC3)cc2)c(F)c1F. The smallest absolute Gasteiger partial charge is 0.343 e. The van der Waals surface area contributed by atoms with E-state index in [0.29, 0.717) is 11.5 Å². The monoisotopic (exact) mass is 452 g/mol. The number of aryl methyl sites for hydroxylation is 1. The molecule has 2 aliphatic rings. The van der Waals surface area contributed by atoms with Gasteiger partial charge in [0.1, 0.15) is 0 Å². The Bertz CT molecular complexity index is 979. The van der Waals surface area contributed by atoms with Gasteiger partial charge in [-0.25, -0.2) is 9.18 Å². The first-order valence-electron chi connectivity index (χ1n) is 12.4. The molecular formula is C29H34F2O2. The molecule has 2 saturated carbocycles. The minimum Gasteiger partial charge on any atom is -0.420 e. The zero-order valence-corrected chi connectivity index (χ0v) is 19.7. The second kappa shape index (κ2) is 10.6. The van der Waals surface area contributed by atoms with Gasteiger partial charge in [-0.3, -0.25) is 0 Å². The highest BCUT2D eigenvalue weighted by Crippen LogP contribution is 2.41. The first-order chi connectivity index (χ1) is 15.9. The van der Waals surface area contributed by atoms with Gasteiger partial charge in [0.25, 0.3) is 0 Å². The summed E-state index contributed by atoms with van der Waals surface area (Å²) in [5.41, 5.74) is 1.48. The zero-order valence-electron chi connectivity index (χ0n) is 19.7. The number of rotatable bonds is 5. The lowest BCUT2D eigenvalue weighted by Gasteiger charge is -2.36. The van der Waals surface area contributed by atoms with Crippen LogP contribution in [0.4, 0.5) is 8.78 Å². The molecule has 0 atom stereocenters. The molecule has 0 spiro atoms. The van der Waals surface area contributed by atoms with Crippen molar-refractivity contribution in [3.8, 4) is 5.75 Å². The fourth-order valence-electron chi connectivity index (χ4n) is 5.41. The average Bonchev–Trinajstić information content (AvgIpc) is 2.84. The molecule has 4 rings (SSSR count). The second-order valence-electron chi connectivity index (χ2n) is 10.1. The Morgan fingerprint density at radius 3 is 2.09 bits per heavy atom. The van der Waals surface area contributed by atoms with Crippen LogP contribution in [0.1, 0.15) is 79.8 Å². The normalized spacial score (nSPS) is 25.8. The van der Waals surface area contributed by atoms with Gasteiger partial charge >= 0.3 is 5.97 Å². The van der Waals surface area contributed by atoms with Gasteiger partial charge in [-0.1, -0.05) is 50.1 Å². The van der Waals surface area contributed by atoms with Gasteiger partial charge < -0.3 is 4.74 Å². The number of esters is 1. The van der Waals surface area contributed by atoms with Crippen LogP contribution in [0.3, 0.4) is 0 Å². The van der Waals surface area contributed by atoms with Gasteiger partial charge in [0, 0.05) is 0 Å². The lowest BCUT2D eigenvalue weighted by Crippen LogP contribution is -2.24. The van der Waals surface area contributed by atoms with Crippen LogP contribution < -0.4 is 4.74 Å². The third-order valence-corrected chi connectivity index (χ3v) is 7.69. The van der Waals surface area contributed by atoms with Gasteiger partial charge in [0.05, 0.1) is 5.56 Å². The second-order valence-corrected chi connectivity index (χ2v) is 10.1. The average molecular weight is 453 g/mol. The van der Waals surface area contributed by atoms with Crippen LogP contribution in [0.5, 0.6) is 5.75 Å². The standard InChI is InChI=1S/C29H34F2O2/c1-19-3-12-23(13-4-19)24-14-8-21(9-15-24)6-7-22-10-16-25(17-11-22)29(32)33-26-18-5-20(2)27(30)28(26)31/h5-7,10-11,16-19,21,23-24H,3-4,8-9,12-15H2,1-2H3/b7-6+. The molecule has 2 fully saturated rings. The Morgan fingerprint density at radius 2 is 1.45 bits per heavy atom. The lowest BCUT2D eigenvalue weighted by molar-refractivity contribution is 0.0726. The number of carbonyl (C=O) groups is 1. The summed E-state index contributed by atoms with van der Waals surface area (Å²) in [4.78, 5) is 12.3. The van der Waals surface area contributed by atoms with Gasteiger partial charge in [-0.05, 0) is 98.4 Å². The third-order valence-electron chi connectivity index (χ3n) is 7.69. The number of benzene rings is 2. The van der Waals surface area contributed by atoms with Crippen molar-refractivity contribution in [2.24, 2.45) is 23.7 Å². The Labute approximate surface area is 196 Å². The van der Waals surface area contributed by atoms with E-state index in [-0.39, 0.29) is 5.56 Å². The predicted octanol–water partition coefficient (Wildman–Crippen LogP) is 8.14. The molecule has 0 radical (unpaired) electrons. The van der Waals surface area contributed by atoms with Gasteiger partial charge in [-0.15, -0.1) is 0 Å². The van der Waals surface area contributed by atoms with Crippen molar-refractivity contribution in [3.63, 3.8) is 0 Å². The van der Waals surface area contributed by atoms with Gasteiger partial charge in [-0.2, -0.15) is 4.39 Å². The molecule has 0 aliphatic heterocycles. The summed E-state index contributed by atoms with van der Waals surface area (Å²) in [5, 5.41) is 0. The maximum Gasteiger partial charge on any atom is 0.343 e. The molecule has 0 amide bonds. The molecule has 0 saturated heterocycles. The fraction of sp³-hybridized carbons (Fsp3) is 0.483. The summed E-state index contributed by atoms with van der Waals surface area (Å²) in [6.07, 6.45) is 15.3. The molecule has 0 unspecified atom stereocenters. The van der Waals surface area contributed by atoms with Crippen LogP contribution in [0.2, 0.25) is 0 Å². The quantitative estimate of drug-likeness (QED) is 0.338. The van der Waals surface area contributed by atoms with E-state index in [2.05, 4.69) is 19.1 Å². The summed E-state index contributed by atoms with van der Waals surface area (Å²) in [6.45, 7) is 3.84. The zero-order chi connectivity index (χ0) is 23.4. The highest BCUT2D eigenvalue weighted by atomic mass is 19.2. The topological polar surface area (TPSA) is 26.3 Å². The van der Waals surface area contributed by atoms with E-state index in [1.165, 1.54) is 70.4 Å². The van der Waals surface area contributed by atoms with Crippen molar-refractivity contribution in [1.29, 1.82) is 0 Å². The Kier molecular flexibility index (Phi) is 7.62. The minimum atomic E-state index is -1.14. The molecule has 0 aromatic heterocycles. The Morgan fingerprint density at radius 1 is 0.848 bits per heavy atom. The number of hydrogen-bond donors (Lipinski definition) is 0. The number of carbonyl (C=O) groups excluding carboxylic acids is 1. The van der Waals surface area contributed by atoms with Crippen LogP contribution in [-0.4, -0.2) is 5.97 Å². The van der Waals surface area contributed by atoms with Crippen molar-refractivity contribution >= 4 is 12.0 Å². The van der Waals surface area contributed by atoms with E-state index in [9.17, 15) is 13.6 Å². The molecule has 0 bridgehead atoms. The maximum absolute atomic E-state index is 14.0. The van der Waals surface area contributed by atoms with Crippen LogP contribution in [0.25, 0.3) is 6.08 Å². The molecular weight excluding hydrogens is 418 g/mol. The van der Waals surface area contributed by atoms with Crippen molar-refractivity contribution < 1.29 is 18.3 Å². The number of halogens is 2. The van der Waals surface area contributed by atoms with Crippen LogP contribution in [0.15, 0.2) is 42.5 Å². The number of allylic oxidation sites excluding steroid dienone is 1. The van der Waals surface area contributed by atoms with Gasteiger partial charge in [0.2, 0.25) is 5.82 Å². The molecule has 2 aromatic carbocycles. The fourth-order valence-corrected chi connectivity index (χ4v) is 5.41. The van der Waals surface area contributed by atoms with Crippen LogP contribution in [0, 0.1) is 42.2 Å². The molecule has 0 heterocycles. The molecule has 4 heteroatoms. The largest absolute Gasteiger partial charge is 0.420 e. The first-order valence-corrected chi connectivity index (χ1v) is 12.4. The summed E-state index contributed by atoms with van der Waals surface area (Å²) in [5.74, 6) is 0.156. The van der Waals surface area contributed by atoms with E-state index in [1.54, 1.807) is 12.1 Å². The summed E-state index contributed by atoms with van der Waals surface area (Å²) in [6, 6.07) is 9.68. The molecule has 2 aromatic rings. The molecule has 2 aliphatic carbocycles. The number of ether oxygens (including phenoxy) is 1. The van der Waals surface area contributed by atoms with E-state index < -0.39 is 23.4 Å². The third kappa shape index (κ3) is 5.90. The highest BCUT2D eigenvalue weighted by molar-refractivity contribution is 5.91. The maximum atomic E-state index is 14.0. The van der Waals surface area contributed by atoms with E-state index in [4.69, 9.17) is 4.74 Å². The van der Waals surface area contributed by atoms with Gasteiger partial charge in [0.15, 0.2) is 11.6 Å². The van der Waals surface area contributed by atoms with Crippen molar-refractivity contribution in [2.75, 3.05) is 0 Å². The van der Waals surface area contributed by atoms with Crippen LogP contribution in [-0.2, 0) is 0 Å². The van der Waals surface area contributed by atoms with Crippen molar-refractivity contribution in [2.45, 2.75) is 65.2 Å². The van der Waals surface area contributed by atoms with E-state index >= 15 is 0 Å². The van der Waals surface area contributed by atoms with Crippen molar-refractivity contribution in [1.82, 2.24) is 0 Å².